The van der Waals surface area contributed by atoms with Crippen molar-refractivity contribution in [3.05, 3.63) is 42.9 Å². The van der Waals surface area contributed by atoms with Gasteiger partial charge in [0.1, 0.15) is 4.90 Å². The van der Waals surface area contributed by atoms with E-state index in [2.05, 4.69) is 20.2 Å². The van der Waals surface area contributed by atoms with Crippen molar-refractivity contribution in [1.82, 2.24) is 28.8 Å². The van der Waals surface area contributed by atoms with Gasteiger partial charge in [0.05, 0.1) is 11.8 Å². The first-order chi connectivity index (χ1) is 20.5. The van der Waals surface area contributed by atoms with Gasteiger partial charge < -0.3 is 20.9 Å². The number of hydrogen-bond acceptors (Lipinski definition) is 9. The van der Waals surface area contributed by atoms with Crippen LogP contribution < -0.4 is 16.4 Å². The summed E-state index contributed by atoms with van der Waals surface area (Å²) in [5.74, 6) is 1.33. The normalized spacial score (nSPS) is 22.0. The van der Waals surface area contributed by atoms with Crippen LogP contribution in [-0.4, -0.2) is 68.4 Å². The lowest BCUT2D eigenvalue weighted by atomic mass is 9.92. The van der Waals surface area contributed by atoms with Crippen molar-refractivity contribution < 1.29 is 8.42 Å². The molecule has 44 heavy (non-hydrogen) atoms. The number of nitrogens with one attached hydrogen (secondary N) is 2. The van der Waals surface area contributed by atoms with Crippen molar-refractivity contribution in [1.29, 1.82) is 0 Å². The Kier molecular flexibility index (Phi) is 10.2. The second-order valence-electron chi connectivity index (χ2n) is 12.1. The second-order valence-corrected chi connectivity index (χ2v) is 14.0. The van der Waals surface area contributed by atoms with Crippen LogP contribution in [0.2, 0.25) is 0 Å². The number of halogens is 2. The highest BCUT2D eigenvalue weighted by Gasteiger charge is 2.32. The number of rotatable bonds is 7. The third-order valence-corrected chi connectivity index (χ3v) is 11.2. The third kappa shape index (κ3) is 6.46. The SMILES string of the molecule is Cl.Cl.N[C@H]1CC[C@H](Nc2nc(NC3CCN(S(=O)(=O)c4cccc5cccnc45)CC3)c3ncn(C4CCCC4)c3n2)CC1. The number of fused-ring (bicyclic) bond motifs is 2. The number of aromatic nitrogens is 5. The van der Waals surface area contributed by atoms with Gasteiger partial charge in [0.15, 0.2) is 17.0 Å². The molecule has 3 aromatic heterocycles. The molecule has 0 unspecified atom stereocenters. The number of piperidine rings is 1. The number of anilines is 2. The fraction of sp³-hybridized carbons (Fsp3) is 0.533. The van der Waals surface area contributed by atoms with E-state index in [1.807, 2.05) is 24.5 Å². The van der Waals surface area contributed by atoms with E-state index in [4.69, 9.17) is 20.7 Å². The number of pyridine rings is 1. The monoisotopic (exact) mass is 661 g/mol. The van der Waals surface area contributed by atoms with Gasteiger partial charge in [-0.05, 0) is 63.5 Å². The first-order valence-electron chi connectivity index (χ1n) is 15.3. The molecule has 0 amide bonds. The molecule has 4 N–H and O–H groups in total. The maximum absolute atomic E-state index is 13.6. The van der Waals surface area contributed by atoms with Gasteiger partial charge >= 0.3 is 0 Å². The molecule has 2 aliphatic carbocycles. The van der Waals surface area contributed by atoms with Gasteiger partial charge in [-0.15, -0.1) is 24.8 Å². The molecule has 11 nitrogen and oxygen atoms in total. The first-order valence-corrected chi connectivity index (χ1v) is 16.8. The molecule has 3 aliphatic rings. The zero-order chi connectivity index (χ0) is 28.7. The van der Waals surface area contributed by atoms with Gasteiger partial charge in [-0.3, -0.25) is 4.98 Å². The van der Waals surface area contributed by atoms with Crippen LogP contribution in [0.3, 0.4) is 0 Å². The van der Waals surface area contributed by atoms with Crippen molar-refractivity contribution in [2.24, 2.45) is 5.73 Å². The Bertz CT molecular complexity index is 1680. The van der Waals surface area contributed by atoms with Crippen LogP contribution >= 0.6 is 24.8 Å². The summed E-state index contributed by atoms with van der Waals surface area (Å²) in [4.78, 5) is 19.3. The highest BCUT2D eigenvalue weighted by Crippen LogP contribution is 2.34. The predicted octanol–water partition coefficient (Wildman–Crippen LogP) is 5.28. The molecule has 14 heteroatoms. The Morgan fingerprint density at radius 3 is 2.25 bits per heavy atom. The summed E-state index contributed by atoms with van der Waals surface area (Å²) >= 11 is 0. The molecule has 1 saturated heterocycles. The molecule has 2 saturated carbocycles. The fourth-order valence-electron chi connectivity index (χ4n) is 6.83. The highest BCUT2D eigenvalue weighted by molar-refractivity contribution is 7.89. The van der Waals surface area contributed by atoms with Crippen molar-refractivity contribution in [3.63, 3.8) is 0 Å². The third-order valence-electron chi connectivity index (χ3n) is 9.25. The van der Waals surface area contributed by atoms with Gasteiger partial charge in [-0.2, -0.15) is 14.3 Å². The number of para-hydroxylation sites is 1. The van der Waals surface area contributed by atoms with E-state index in [0.717, 1.165) is 55.1 Å². The summed E-state index contributed by atoms with van der Waals surface area (Å²) in [5.41, 5.74) is 8.29. The van der Waals surface area contributed by atoms with Crippen LogP contribution in [0.5, 0.6) is 0 Å². The lowest BCUT2D eigenvalue weighted by Gasteiger charge is -2.32. The number of hydrogen-bond donors (Lipinski definition) is 3. The standard InChI is InChI=1S/C30H39N9O2S.2ClH/c31-21-10-12-22(13-11-21)35-30-36-28(27-29(37-30)39(19-33-27)24-7-1-2-8-24)34-23-14-17-38(18-15-23)42(40,41)25-9-3-5-20-6-4-16-32-26(20)25;;/h3-6,9,16,19,21-24H,1-2,7-8,10-15,17-18,31H2,(H2,34,35,36,37);2*1H/t21-,22-;;. The topological polar surface area (TPSA) is 144 Å². The Labute approximate surface area is 270 Å². The molecule has 1 aliphatic heterocycles. The number of nitrogens with zero attached hydrogens (tertiary/aromatic N) is 6. The predicted molar refractivity (Wildman–Crippen MR) is 178 cm³/mol. The summed E-state index contributed by atoms with van der Waals surface area (Å²) < 4.78 is 31.1. The Morgan fingerprint density at radius 1 is 0.795 bits per heavy atom. The molecule has 1 aromatic carbocycles. The summed E-state index contributed by atoms with van der Waals surface area (Å²) in [6.07, 6.45) is 13.6. The maximum Gasteiger partial charge on any atom is 0.245 e. The minimum atomic E-state index is -3.67. The molecule has 238 valence electrons. The van der Waals surface area contributed by atoms with Gasteiger partial charge in [-0.25, -0.2) is 13.4 Å². The summed E-state index contributed by atoms with van der Waals surface area (Å²) in [7, 11) is -3.67. The number of benzene rings is 1. The van der Waals surface area contributed by atoms with E-state index < -0.39 is 10.0 Å². The van der Waals surface area contributed by atoms with E-state index in [9.17, 15) is 8.42 Å². The van der Waals surface area contributed by atoms with Gasteiger partial charge in [0.2, 0.25) is 16.0 Å². The zero-order valence-corrected chi connectivity index (χ0v) is 27.1. The van der Waals surface area contributed by atoms with Crippen molar-refractivity contribution in [3.8, 4) is 0 Å². The molecule has 0 bridgehead atoms. The number of imidazole rings is 1. The Balaban J connectivity index is 0.00000192. The van der Waals surface area contributed by atoms with Crippen LogP contribution in [0.15, 0.2) is 47.8 Å². The van der Waals surface area contributed by atoms with Crippen molar-refractivity contribution >= 4 is 68.7 Å². The molecule has 4 heterocycles. The molecule has 0 atom stereocenters. The summed E-state index contributed by atoms with van der Waals surface area (Å²) in [6, 6.07) is 10.1. The van der Waals surface area contributed by atoms with Crippen LogP contribution in [0.1, 0.15) is 70.3 Å². The number of nitrogens with two attached hydrogens (primary N) is 1. The zero-order valence-electron chi connectivity index (χ0n) is 24.6. The van der Waals surface area contributed by atoms with E-state index in [0.29, 0.717) is 55.3 Å². The Morgan fingerprint density at radius 2 is 1.50 bits per heavy atom. The van der Waals surface area contributed by atoms with Crippen LogP contribution in [-0.2, 0) is 10.0 Å². The summed E-state index contributed by atoms with van der Waals surface area (Å²) in [5, 5.41) is 8.04. The lowest BCUT2D eigenvalue weighted by molar-refractivity contribution is 0.330. The van der Waals surface area contributed by atoms with Crippen molar-refractivity contribution in [2.45, 2.75) is 93.3 Å². The molecule has 7 rings (SSSR count). The average Bonchev–Trinajstić information content (AvgIpc) is 3.69. The molecular weight excluding hydrogens is 621 g/mol. The maximum atomic E-state index is 13.6. The van der Waals surface area contributed by atoms with E-state index >= 15 is 0 Å². The number of sulfonamides is 1. The minimum absolute atomic E-state index is 0. The van der Waals surface area contributed by atoms with Crippen LogP contribution in [0.25, 0.3) is 22.1 Å². The lowest BCUT2D eigenvalue weighted by Crippen LogP contribution is -2.42. The smallest absolute Gasteiger partial charge is 0.245 e. The quantitative estimate of drug-likeness (QED) is 0.241. The van der Waals surface area contributed by atoms with Crippen LogP contribution in [0, 0.1) is 0 Å². The molecular formula is C30H41Cl2N9O2S. The van der Waals surface area contributed by atoms with Gasteiger partial charge in [0, 0.05) is 48.8 Å². The second kappa shape index (κ2) is 13.7. The molecule has 4 aromatic rings. The van der Waals surface area contributed by atoms with Gasteiger partial charge in [0.25, 0.3) is 0 Å². The van der Waals surface area contributed by atoms with E-state index in [-0.39, 0.29) is 41.8 Å². The highest BCUT2D eigenvalue weighted by atomic mass is 35.5. The molecule has 0 spiro atoms. The Hall–Kier alpha value is -2.77. The van der Waals surface area contributed by atoms with Crippen LogP contribution in [0.4, 0.5) is 11.8 Å². The first kappa shape index (κ1) is 32.6. The van der Waals surface area contributed by atoms with Crippen molar-refractivity contribution in [2.75, 3.05) is 23.7 Å². The average molecular weight is 663 g/mol. The van der Waals surface area contributed by atoms with Gasteiger partial charge in [-0.1, -0.05) is 31.0 Å². The molecule has 0 radical (unpaired) electrons. The van der Waals surface area contributed by atoms with E-state index in [1.165, 1.54) is 12.8 Å². The fourth-order valence-corrected chi connectivity index (χ4v) is 8.47. The molecule has 3 fully saturated rings. The summed E-state index contributed by atoms with van der Waals surface area (Å²) in [6.45, 7) is 0.836. The minimum Gasteiger partial charge on any atom is -0.365 e. The largest absolute Gasteiger partial charge is 0.365 e. The van der Waals surface area contributed by atoms with E-state index in [1.54, 1.807) is 22.6 Å².